The molecule has 29 heavy (non-hydrogen) atoms. The Morgan fingerprint density at radius 2 is 1.69 bits per heavy atom. The summed E-state index contributed by atoms with van der Waals surface area (Å²) in [5.41, 5.74) is 15.4. The molecule has 0 aliphatic carbocycles. The topological polar surface area (TPSA) is 228 Å². The standard InChI is InChI=1S/C16H26N6O7/c17-7-13(25)22-5-1-2-10(22)15(27)21-9(6-12(19)24)14(26)20-8(16(28)29)3-4-11(18)23/h8-10H,1-7,17H2,(H2,18,23)(H2,19,24)(H,20,26)(H,21,27)(H,28,29). The zero-order valence-corrected chi connectivity index (χ0v) is 15.8. The fourth-order valence-electron chi connectivity index (χ4n) is 2.95. The van der Waals surface area contributed by atoms with E-state index in [4.69, 9.17) is 17.2 Å². The van der Waals surface area contributed by atoms with E-state index in [9.17, 15) is 33.9 Å². The molecule has 162 valence electrons. The molecule has 5 amide bonds. The van der Waals surface area contributed by atoms with Crippen LogP contribution in [0.1, 0.15) is 32.1 Å². The van der Waals surface area contributed by atoms with E-state index >= 15 is 0 Å². The molecular formula is C16H26N6O7. The third kappa shape index (κ3) is 7.37. The van der Waals surface area contributed by atoms with E-state index in [1.165, 1.54) is 4.90 Å². The van der Waals surface area contributed by atoms with Crippen LogP contribution in [0, 0.1) is 0 Å². The lowest BCUT2D eigenvalue weighted by Crippen LogP contribution is -2.56. The number of carbonyl (C=O) groups excluding carboxylic acids is 5. The molecule has 0 aromatic carbocycles. The van der Waals surface area contributed by atoms with Gasteiger partial charge in [-0.05, 0) is 19.3 Å². The van der Waals surface area contributed by atoms with Gasteiger partial charge in [-0.25, -0.2) is 4.79 Å². The lowest BCUT2D eigenvalue weighted by molar-refractivity contribution is -0.143. The number of likely N-dealkylation sites (tertiary alicyclic amines) is 1. The van der Waals surface area contributed by atoms with Crippen molar-refractivity contribution in [2.75, 3.05) is 13.1 Å². The van der Waals surface area contributed by atoms with Crippen LogP contribution in [-0.2, 0) is 28.8 Å². The Kier molecular flexibility index (Phi) is 8.99. The molecule has 0 aromatic rings. The second-order valence-corrected chi connectivity index (χ2v) is 6.59. The highest BCUT2D eigenvalue weighted by atomic mass is 16.4. The summed E-state index contributed by atoms with van der Waals surface area (Å²) in [6.07, 6.45) is -0.238. The molecule has 1 saturated heterocycles. The van der Waals surface area contributed by atoms with E-state index in [1.54, 1.807) is 0 Å². The molecule has 1 fully saturated rings. The van der Waals surface area contributed by atoms with Crippen molar-refractivity contribution in [2.45, 2.75) is 50.2 Å². The largest absolute Gasteiger partial charge is 0.480 e. The number of nitrogens with two attached hydrogens (primary N) is 3. The first-order chi connectivity index (χ1) is 13.6. The second-order valence-electron chi connectivity index (χ2n) is 6.59. The number of hydrogen-bond donors (Lipinski definition) is 6. The average molecular weight is 414 g/mol. The third-order valence-corrected chi connectivity index (χ3v) is 4.38. The fraction of sp³-hybridized carbons (Fsp3) is 0.625. The Labute approximate surface area is 166 Å². The van der Waals surface area contributed by atoms with Crippen molar-refractivity contribution in [3.8, 4) is 0 Å². The van der Waals surface area contributed by atoms with Gasteiger partial charge >= 0.3 is 5.97 Å². The average Bonchev–Trinajstić information content (AvgIpc) is 3.12. The number of carboxylic acids is 1. The second kappa shape index (κ2) is 10.9. The summed E-state index contributed by atoms with van der Waals surface area (Å²) in [5.74, 6) is -5.16. The smallest absolute Gasteiger partial charge is 0.326 e. The quantitative estimate of drug-likeness (QED) is 0.195. The number of primary amides is 2. The number of hydrogen-bond acceptors (Lipinski definition) is 7. The van der Waals surface area contributed by atoms with Gasteiger partial charge in [-0.2, -0.15) is 0 Å². The van der Waals surface area contributed by atoms with Gasteiger partial charge in [0.2, 0.25) is 29.5 Å². The van der Waals surface area contributed by atoms with Crippen LogP contribution in [0.15, 0.2) is 0 Å². The molecule has 0 aromatic heterocycles. The van der Waals surface area contributed by atoms with Gasteiger partial charge < -0.3 is 37.8 Å². The lowest BCUT2D eigenvalue weighted by atomic mass is 10.1. The lowest BCUT2D eigenvalue weighted by Gasteiger charge is -2.26. The number of amides is 5. The monoisotopic (exact) mass is 414 g/mol. The van der Waals surface area contributed by atoms with Crippen LogP contribution in [0.5, 0.6) is 0 Å². The number of carbonyl (C=O) groups is 6. The molecule has 1 aliphatic rings. The van der Waals surface area contributed by atoms with Gasteiger partial charge in [0.15, 0.2) is 0 Å². The highest BCUT2D eigenvalue weighted by Gasteiger charge is 2.36. The molecule has 0 bridgehead atoms. The number of rotatable bonds is 11. The van der Waals surface area contributed by atoms with Gasteiger partial charge in [-0.15, -0.1) is 0 Å². The predicted molar refractivity (Wildman–Crippen MR) is 97.5 cm³/mol. The van der Waals surface area contributed by atoms with Gasteiger partial charge in [0, 0.05) is 13.0 Å². The molecule has 3 unspecified atom stereocenters. The van der Waals surface area contributed by atoms with Crippen LogP contribution in [0.25, 0.3) is 0 Å². The van der Waals surface area contributed by atoms with Gasteiger partial charge in [0.25, 0.3) is 0 Å². The van der Waals surface area contributed by atoms with Gasteiger partial charge in [-0.3, -0.25) is 24.0 Å². The van der Waals surface area contributed by atoms with Crippen molar-refractivity contribution in [2.24, 2.45) is 17.2 Å². The van der Waals surface area contributed by atoms with Gasteiger partial charge in [0.1, 0.15) is 18.1 Å². The first-order valence-electron chi connectivity index (χ1n) is 8.96. The Balaban J connectivity index is 2.86. The van der Waals surface area contributed by atoms with Crippen LogP contribution in [-0.4, -0.2) is 76.7 Å². The van der Waals surface area contributed by atoms with Crippen LogP contribution in [0.4, 0.5) is 0 Å². The van der Waals surface area contributed by atoms with Crippen molar-refractivity contribution in [3.05, 3.63) is 0 Å². The molecule has 0 spiro atoms. The normalized spacial score (nSPS) is 17.8. The molecule has 1 heterocycles. The summed E-state index contributed by atoms with van der Waals surface area (Å²) < 4.78 is 0. The maximum Gasteiger partial charge on any atom is 0.326 e. The minimum Gasteiger partial charge on any atom is -0.480 e. The molecule has 0 saturated carbocycles. The van der Waals surface area contributed by atoms with E-state index in [2.05, 4.69) is 10.6 Å². The molecule has 1 rings (SSSR count). The molecular weight excluding hydrogens is 388 g/mol. The summed E-state index contributed by atoms with van der Waals surface area (Å²) in [6.45, 7) is 0.0458. The third-order valence-electron chi connectivity index (χ3n) is 4.38. The summed E-state index contributed by atoms with van der Waals surface area (Å²) in [7, 11) is 0. The molecule has 1 aliphatic heterocycles. The van der Waals surface area contributed by atoms with Crippen LogP contribution < -0.4 is 27.8 Å². The summed E-state index contributed by atoms with van der Waals surface area (Å²) in [6, 6.07) is -3.77. The number of aliphatic carboxylic acids is 1. The van der Waals surface area contributed by atoms with E-state index in [0.29, 0.717) is 19.4 Å². The van der Waals surface area contributed by atoms with Crippen molar-refractivity contribution >= 4 is 35.5 Å². The fourth-order valence-corrected chi connectivity index (χ4v) is 2.95. The number of carboxylic acid groups (broad SMARTS) is 1. The first kappa shape index (κ1) is 23.8. The maximum absolute atomic E-state index is 12.6. The van der Waals surface area contributed by atoms with Crippen LogP contribution in [0.2, 0.25) is 0 Å². The zero-order valence-electron chi connectivity index (χ0n) is 15.8. The predicted octanol–water partition coefficient (Wildman–Crippen LogP) is -3.87. The number of nitrogens with one attached hydrogen (secondary N) is 2. The molecule has 3 atom stereocenters. The molecule has 0 radical (unpaired) electrons. The van der Waals surface area contributed by atoms with Gasteiger partial charge in [-0.1, -0.05) is 0 Å². The zero-order chi connectivity index (χ0) is 22.1. The molecule has 13 nitrogen and oxygen atoms in total. The van der Waals surface area contributed by atoms with E-state index in [-0.39, 0.29) is 19.4 Å². The highest BCUT2D eigenvalue weighted by molar-refractivity contribution is 5.96. The van der Waals surface area contributed by atoms with Crippen molar-refractivity contribution in [1.82, 2.24) is 15.5 Å². The highest BCUT2D eigenvalue weighted by Crippen LogP contribution is 2.17. The minimum atomic E-state index is -1.45. The molecule has 9 N–H and O–H groups in total. The first-order valence-corrected chi connectivity index (χ1v) is 8.96. The van der Waals surface area contributed by atoms with E-state index in [1.807, 2.05) is 0 Å². The summed E-state index contributed by atoms with van der Waals surface area (Å²) >= 11 is 0. The Morgan fingerprint density at radius 1 is 1.03 bits per heavy atom. The maximum atomic E-state index is 12.6. The number of nitrogens with zero attached hydrogens (tertiary/aromatic N) is 1. The van der Waals surface area contributed by atoms with E-state index < -0.39 is 60.1 Å². The van der Waals surface area contributed by atoms with Crippen LogP contribution in [0.3, 0.4) is 0 Å². The minimum absolute atomic E-state index is 0.269. The SMILES string of the molecule is NCC(=O)N1CCCC1C(=O)NC(CC(N)=O)C(=O)NC(CCC(N)=O)C(=O)O. The van der Waals surface area contributed by atoms with Crippen LogP contribution >= 0.6 is 0 Å². The molecule has 13 heteroatoms. The van der Waals surface area contributed by atoms with Crippen molar-refractivity contribution < 1.29 is 33.9 Å². The van der Waals surface area contributed by atoms with Crippen molar-refractivity contribution in [3.63, 3.8) is 0 Å². The summed E-state index contributed by atoms with van der Waals surface area (Å²) in [5, 5.41) is 13.7. The Morgan fingerprint density at radius 3 is 2.21 bits per heavy atom. The van der Waals surface area contributed by atoms with Gasteiger partial charge in [0.05, 0.1) is 13.0 Å². The Hall–Kier alpha value is -3.22. The Bertz CT molecular complexity index is 683. The van der Waals surface area contributed by atoms with Crippen molar-refractivity contribution in [1.29, 1.82) is 0 Å². The van der Waals surface area contributed by atoms with E-state index in [0.717, 1.165) is 0 Å². The summed E-state index contributed by atoms with van der Waals surface area (Å²) in [4.78, 5) is 71.5.